The summed E-state index contributed by atoms with van der Waals surface area (Å²) in [4.78, 5) is 38.6. The first-order valence-corrected chi connectivity index (χ1v) is 12.9. The van der Waals surface area contributed by atoms with E-state index >= 15 is 0 Å². The normalized spacial score (nSPS) is 18.4. The van der Waals surface area contributed by atoms with E-state index in [1.807, 2.05) is 24.3 Å². The predicted octanol–water partition coefficient (Wildman–Crippen LogP) is 1.74. The molecule has 3 rings (SSSR count). The summed E-state index contributed by atoms with van der Waals surface area (Å²) < 4.78 is 28.1. The van der Waals surface area contributed by atoms with Gasteiger partial charge in [0, 0.05) is 13.0 Å². The fourth-order valence-corrected chi connectivity index (χ4v) is 5.21. The van der Waals surface area contributed by atoms with Gasteiger partial charge >= 0.3 is 0 Å². The van der Waals surface area contributed by atoms with E-state index < -0.39 is 45.6 Å². The van der Waals surface area contributed by atoms with Crippen LogP contribution in [0.1, 0.15) is 37.8 Å². The van der Waals surface area contributed by atoms with Gasteiger partial charge in [-0.25, -0.2) is 8.42 Å². The zero-order valence-corrected chi connectivity index (χ0v) is 20.2. The van der Waals surface area contributed by atoms with Crippen molar-refractivity contribution in [2.24, 2.45) is 5.92 Å². The standard InChI is InChI=1S/C25H31N3O5S/c1-17(2)22(28-34(32,33)20-12-4-3-5-13-20)24(30)27-21-16-19-11-8-10-18(15-19)9-6-7-14-26-25(31)23(21)29/h3-5,8,10-13,15,17,21-22,28H,6-7,9,14,16H2,1-2H3,(H,26,31)(H,27,30). The second-order valence-electron chi connectivity index (χ2n) is 8.82. The average Bonchev–Trinajstić information content (AvgIpc) is 2.81. The van der Waals surface area contributed by atoms with Crippen LogP contribution in [0, 0.1) is 5.92 Å². The Bertz CT molecular complexity index is 1130. The minimum absolute atomic E-state index is 0.0340. The highest BCUT2D eigenvalue weighted by molar-refractivity contribution is 7.89. The van der Waals surface area contributed by atoms with Crippen LogP contribution in [-0.2, 0) is 37.2 Å². The van der Waals surface area contributed by atoms with Crippen molar-refractivity contribution < 1.29 is 22.8 Å². The smallest absolute Gasteiger partial charge is 0.289 e. The molecule has 2 aromatic carbocycles. The number of aryl methyl sites for hydroxylation is 1. The lowest BCUT2D eigenvalue weighted by Crippen LogP contribution is -2.56. The van der Waals surface area contributed by atoms with Crippen molar-refractivity contribution >= 4 is 27.6 Å². The number of benzene rings is 2. The third-order valence-electron chi connectivity index (χ3n) is 5.75. The van der Waals surface area contributed by atoms with Crippen LogP contribution in [0.5, 0.6) is 0 Å². The monoisotopic (exact) mass is 485 g/mol. The van der Waals surface area contributed by atoms with Gasteiger partial charge in [-0.15, -0.1) is 0 Å². The molecule has 2 atom stereocenters. The minimum atomic E-state index is -3.97. The van der Waals surface area contributed by atoms with E-state index in [0.717, 1.165) is 30.4 Å². The maximum absolute atomic E-state index is 13.2. The number of fused-ring (bicyclic) bond motifs is 2. The summed E-state index contributed by atoms with van der Waals surface area (Å²) in [5.41, 5.74) is 1.94. The Labute approximate surface area is 200 Å². The Hall–Kier alpha value is -3.04. The molecule has 0 saturated carbocycles. The van der Waals surface area contributed by atoms with E-state index in [9.17, 15) is 22.8 Å². The summed E-state index contributed by atoms with van der Waals surface area (Å²) >= 11 is 0. The maximum Gasteiger partial charge on any atom is 0.289 e. The molecule has 34 heavy (non-hydrogen) atoms. The first-order valence-electron chi connectivity index (χ1n) is 11.4. The molecule has 2 bridgehead atoms. The molecule has 1 aliphatic heterocycles. The van der Waals surface area contributed by atoms with Gasteiger partial charge in [-0.1, -0.05) is 56.3 Å². The molecule has 0 fully saturated rings. The largest absolute Gasteiger partial charge is 0.349 e. The predicted molar refractivity (Wildman–Crippen MR) is 128 cm³/mol. The van der Waals surface area contributed by atoms with Gasteiger partial charge in [0.05, 0.1) is 4.90 Å². The number of rotatable bonds is 6. The van der Waals surface area contributed by atoms with Crippen molar-refractivity contribution in [3.8, 4) is 0 Å². The summed E-state index contributed by atoms with van der Waals surface area (Å²) in [5, 5.41) is 5.26. The Balaban J connectivity index is 1.84. The molecule has 182 valence electrons. The second-order valence-corrected chi connectivity index (χ2v) is 10.5. The second kappa shape index (κ2) is 11.4. The molecule has 2 aromatic rings. The van der Waals surface area contributed by atoms with Gasteiger partial charge in [0.15, 0.2) is 0 Å². The Morgan fingerprint density at radius 1 is 1.00 bits per heavy atom. The maximum atomic E-state index is 13.2. The highest BCUT2D eigenvalue weighted by atomic mass is 32.2. The Morgan fingerprint density at radius 2 is 1.71 bits per heavy atom. The van der Waals surface area contributed by atoms with Crippen molar-refractivity contribution in [2.45, 2.75) is 56.5 Å². The van der Waals surface area contributed by atoms with Gasteiger partial charge in [0.25, 0.3) is 5.91 Å². The van der Waals surface area contributed by atoms with Crippen LogP contribution in [-0.4, -0.2) is 44.6 Å². The van der Waals surface area contributed by atoms with Gasteiger partial charge in [0.1, 0.15) is 12.1 Å². The quantitative estimate of drug-likeness (QED) is 0.538. The van der Waals surface area contributed by atoms with Crippen LogP contribution < -0.4 is 15.4 Å². The van der Waals surface area contributed by atoms with Gasteiger partial charge in [-0.05, 0) is 48.4 Å². The van der Waals surface area contributed by atoms with Crippen molar-refractivity contribution in [1.29, 1.82) is 0 Å². The first kappa shape index (κ1) is 25.6. The van der Waals surface area contributed by atoms with E-state index in [-0.39, 0.29) is 11.3 Å². The van der Waals surface area contributed by atoms with Crippen LogP contribution in [0.4, 0.5) is 0 Å². The fraction of sp³-hybridized carbons (Fsp3) is 0.400. The molecule has 0 saturated heterocycles. The van der Waals surface area contributed by atoms with Crippen molar-refractivity contribution in [1.82, 2.24) is 15.4 Å². The van der Waals surface area contributed by atoms with E-state index in [1.165, 1.54) is 12.1 Å². The number of hydrogen-bond donors (Lipinski definition) is 3. The van der Waals surface area contributed by atoms with Gasteiger partial charge in [-0.2, -0.15) is 4.72 Å². The van der Waals surface area contributed by atoms with Gasteiger partial charge < -0.3 is 10.6 Å². The topological polar surface area (TPSA) is 121 Å². The molecule has 0 aliphatic carbocycles. The first-order chi connectivity index (χ1) is 16.2. The van der Waals surface area contributed by atoms with E-state index in [1.54, 1.807) is 32.0 Å². The van der Waals surface area contributed by atoms with Crippen molar-refractivity contribution in [3.63, 3.8) is 0 Å². The summed E-state index contributed by atoms with van der Waals surface area (Å²) in [6, 6.07) is 13.2. The summed E-state index contributed by atoms with van der Waals surface area (Å²) in [7, 11) is -3.97. The van der Waals surface area contributed by atoms with Crippen molar-refractivity contribution in [3.05, 3.63) is 65.7 Å². The van der Waals surface area contributed by atoms with E-state index in [2.05, 4.69) is 15.4 Å². The number of sulfonamides is 1. The third kappa shape index (κ3) is 6.74. The zero-order valence-electron chi connectivity index (χ0n) is 19.4. The molecule has 9 heteroatoms. The van der Waals surface area contributed by atoms with E-state index in [4.69, 9.17) is 0 Å². The van der Waals surface area contributed by atoms with Crippen molar-refractivity contribution in [2.75, 3.05) is 6.54 Å². The Kier molecular flexibility index (Phi) is 8.57. The van der Waals surface area contributed by atoms with Crippen LogP contribution in [0.25, 0.3) is 0 Å². The van der Waals surface area contributed by atoms with Crippen LogP contribution >= 0.6 is 0 Å². The molecule has 1 aliphatic rings. The number of Topliss-reactive ketones (excluding diaryl/α,β-unsaturated/α-hetero) is 1. The number of nitrogens with one attached hydrogen (secondary N) is 3. The molecule has 0 spiro atoms. The zero-order chi connectivity index (χ0) is 24.7. The highest BCUT2D eigenvalue weighted by Crippen LogP contribution is 2.14. The molecule has 2 unspecified atom stereocenters. The number of hydrogen-bond acceptors (Lipinski definition) is 5. The highest BCUT2D eigenvalue weighted by Gasteiger charge is 2.33. The minimum Gasteiger partial charge on any atom is -0.349 e. The lowest BCUT2D eigenvalue weighted by molar-refractivity contribution is -0.140. The molecule has 0 aromatic heterocycles. The summed E-state index contributed by atoms with van der Waals surface area (Å²) in [6.45, 7) is 3.78. The molecule has 0 radical (unpaired) electrons. The number of amides is 2. The lowest BCUT2D eigenvalue weighted by Gasteiger charge is -2.25. The molecule has 3 N–H and O–H groups in total. The van der Waals surface area contributed by atoms with E-state index in [0.29, 0.717) is 6.54 Å². The number of carbonyl (C=O) groups excluding carboxylic acids is 3. The number of ketones is 1. The number of carbonyl (C=O) groups is 3. The molecule has 1 heterocycles. The molecular weight excluding hydrogens is 454 g/mol. The fourth-order valence-electron chi connectivity index (χ4n) is 3.85. The Morgan fingerprint density at radius 3 is 2.41 bits per heavy atom. The van der Waals surface area contributed by atoms with Gasteiger partial charge in [-0.3, -0.25) is 14.4 Å². The summed E-state index contributed by atoms with van der Waals surface area (Å²) in [5.74, 6) is -2.58. The van der Waals surface area contributed by atoms with Crippen LogP contribution in [0.15, 0.2) is 59.5 Å². The van der Waals surface area contributed by atoms with Gasteiger partial charge in [0.2, 0.25) is 21.7 Å². The lowest BCUT2D eigenvalue weighted by atomic mass is 9.96. The third-order valence-corrected chi connectivity index (χ3v) is 7.21. The molecule has 2 amide bonds. The van der Waals surface area contributed by atoms with Crippen LogP contribution in [0.2, 0.25) is 0 Å². The molecular formula is C25H31N3O5S. The molecule has 8 nitrogen and oxygen atoms in total. The SMILES string of the molecule is CC(C)C(NS(=O)(=O)c1ccccc1)C(=O)NC1Cc2cccc(c2)CCCCNC(=O)C1=O. The van der Waals surface area contributed by atoms with Crippen LogP contribution in [0.3, 0.4) is 0 Å². The average molecular weight is 486 g/mol. The summed E-state index contributed by atoms with van der Waals surface area (Å²) in [6.07, 6.45) is 2.60.